The van der Waals surface area contributed by atoms with Gasteiger partial charge in [0, 0.05) is 50.8 Å². The Bertz CT molecular complexity index is 1980. The van der Waals surface area contributed by atoms with Gasteiger partial charge in [0.2, 0.25) is 0 Å². The van der Waals surface area contributed by atoms with Crippen LogP contribution < -0.4 is 14.8 Å². The molecule has 0 bridgehead atoms. The van der Waals surface area contributed by atoms with Gasteiger partial charge in [0.1, 0.15) is 34.7 Å². The lowest BCUT2D eigenvalue weighted by atomic mass is 10.1. The van der Waals surface area contributed by atoms with E-state index in [1.54, 1.807) is 57.7 Å². The maximum absolute atomic E-state index is 14.2. The third-order valence-corrected chi connectivity index (χ3v) is 8.07. The fourth-order valence-electron chi connectivity index (χ4n) is 5.65. The van der Waals surface area contributed by atoms with E-state index in [9.17, 15) is 22.8 Å². The first-order chi connectivity index (χ1) is 23.0. The number of nitrogens with zero attached hydrogens (tertiary/aromatic N) is 7. The van der Waals surface area contributed by atoms with Crippen molar-refractivity contribution < 1.29 is 32.2 Å². The zero-order valence-electron chi connectivity index (χ0n) is 26.6. The van der Waals surface area contributed by atoms with Crippen LogP contribution in [0.2, 0.25) is 0 Å². The van der Waals surface area contributed by atoms with Gasteiger partial charge in [-0.1, -0.05) is 6.07 Å². The highest BCUT2D eigenvalue weighted by atomic mass is 19.3. The first kappa shape index (κ1) is 32.5. The second kappa shape index (κ2) is 13.4. The molecule has 1 aliphatic rings. The average Bonchev–Trinajstić information content (AvgIpc) is 3.74. The Morgan fingerprint density at radius 3 is 2.62 bits per heavy atom. The molecule has 1 N–H and O–H groups in total. The van der Waals surface area contributed by atoms with E-state index in [1.807, 2.05) is 11.9 Å². The molecule has 1 fully saturated rings. The summed E-state index contributed by atoms with van der Waals surface area (Å²) in [6.07, 6.45) is 5.40. The van der Waals surface area contributed by atoms with Crippen LogP contribution >= 0.6 is 0 Å². The molecule has 0 aliphatic carbocycles. The molecule has 0 unspecified atom stereocenters. The van der Waals surface area contributed by atoms with Crippen molar-refractivity contribution in [3.8, 4) is 28.5 Å². The Labute approximate surface area is 273 Å². The fourth-order valence-corrected chi connectivity index (χ4v) is 5.65. The normalized spacial score (nSPS) is 16.4. The first-order valence-corrected chi connectivity index (χ1v) is 15.1. The number of hydrogen-bond acceptors (Lipinski definition) is 8. The predicted molar refractivity (Wildman–Crippen MR) is 170 cm³/mol. The molecule has 0 radical (unpaired) electrons. The molecule has 0 saturated carbocycles. The number of benzene rings is 2. The molecular weight excluding hydrogens is 629 g/mol. The number of aromatic nitrogens is 5. The average molecular weight is 663 g/mol. The third-order valence-electron chi connectivity index (χ3n) is 8.07. The highest BCUT2D eigenvalue weighted by molar-refractivity contribution is 6.09. The van der Waals surface area contributed by atoms with Crippen LogP contribution in [-0.4, -0.2) is 92.5 Å². The van der Waals surface area contributed by atoms with Crippen molar-refractivity contribution in [2.24, 2.45) is 0 Å². The van der Waals surface area contributed by atoms with Crippen molar-refractivity contribution in [1.29, 1.82) is 0 Å². The fraction of sp³-hybridized carbons (Fsp3) is 0.303. The number of rotatable bonds is 10. The van der Waals surface area contributed by atoms with E-state index in [2.05, 4.69) is 20.5 Å². The molecule has 2 amide bonds. The summed E-state index contributed by atoms with van der Waals surface area (Å²) in [6, 6.07) is 10.7. The standard InChI is InChI=1S/C33H33F3N8O4/c1-19-6-7-22(13-24(19)32(46)41(2)3)47-23-8-9-28(48-33(35)36)25(14-23)29-27(18-43(40-29)17-21-12-20(34)16-42(21)4)39-31(45)26-15-38-44-11-5-10-37-30(26)44/h5-11,13-15,18,20-21,33H,12,16-17H2,1-4H3,(H,39,45)/t20-,21+/m0/s1. The lowest BCUT2D eigenvalue weighted by Gasteiger charge is -2.18. The summed E-state index contributed by atoms with van der Waals surface area (Å²) in [5.74, 6) is -0.423. The number of amides is 2. The molecule has 48 heavy (non-hydrogen) atoms. The number of halogens is 3. The van der Waals surface area contributed by atoms with Crippen LogP contribution in [0.3, 0.4) is 0 Å². The second-order valence-electron chi connectivity index (χ2n) is 11.8. The molecule has 6 rings (SSSR count). The highest BCUT2D eigenvalue weighted by Gasteiger charge is 2.31. The lowest BCUT2D eigenvalue weighted by molar-refractivity contribution is -0.0495. The summed E-state index contributed by atoms with van der Waals surface area (Å²) in [6.45, 7) is -0.811. The molecule has 250 valence electrons. The van der Waals surface area contributed by atoms with E-state index in [1.165, 1.54) is 44.7 Å². The van der Waals surface area contributed by atoms with E-state index in [-0.39, 0.29) is 59.0 Å². The minimum absolute atomic E-state index is 0.0969. The molecular formula is C33H33F3N8O4. The lowest BCUT2D eigenvalue weighted by Crippen LogP contribution is -2.29. The molecule has 15 heteroatoms. The smallest absolute Gasteiger partial charge is 0.387 e. The topological polar surface area (TPSA) is 119 Å². The molecule has 1 saturated heterocycles. The number of aryl methyl sites for hydroxylation is 1. The zero-order chi connectivity index (χ0) is 34.1. The number of likely N-dealkylation sites (N-methyl/N-ethyl adjacent to an activating group) is 1. The Balaban J connectivity index is 1.40. The van der Waals surface area contributed by atoms with Crippen molar-refractivity contribution in [3.63, 3.8) is 0 Å². The van der Waals surface area contributed by atoms with Crippen molar-refractivity contribution in [1.82, 2.24) is 34.2 Å². The van der Waals surface area contributed by atoms with Gasteiger partial charge in [-0.05, 0) is 62.4 Å². The molecule has 2 atom stereocenters. The van der Waals surface area contributed by atoms with Crippen LogP contribution in [0.25, 0.3) is 16.9 Å². The van der Waals surface area contributed by atoms with Crippen LogP contribution in [0.4, 0.5) is 18.9 Å². The van der Waals surface area contributed by atoms with Crippen molar-refractivity contribution in [3.05, 3.63) is 83.9 Å². The quantitative estimate of drug-likeness (QED) is 0.214. The predicted octanol–water partition coefficient (Wildman–Crippen LogP) is 5.29. The maximum atomic E-state index is 14.2. The summed E-state index contributed by atoms with van der Waals surface area (Å²) < 4.78 is 55.4. The van der Waals surface area contributed by atoms with E-state index >= 15 is 0 Å². The zero-order valence-corrected chi connectivity index (χ0v) is 26.6. The molecule has 3 aromatic heterocycles. The number of nitrogens with one attached hydrogen (secondary N) is 1. The second-order valence-corrected chi connectivity index (χ2v) is 11.8. The number of hydrogen-bond donors (Lipinski definition) is 1. The van der Waals surface area contributed by atoms with E-state index in [0.717, 1.165) is 5.56 Å². The number of anilines is 1. The molecule has 2 aromatic carbocycles. The van der Waals surface area contributed by atoms with E-state index in [0.29, 0.717) is 23.4 Å². The van der Waals surface area contributed by atoms with Crippen molar-refractivity contribution in [2.45, 2.75) is 38.7 Å². The van der Waals surface area contributed by atoms with Crippen LogP contribution in [0.1, 0.15) is 32.7 Å². The minimum atomic E-state index is -3.16. The van der Waals surface area contributed by atoms with Crippen LogP contribution in [0.5, 0.6) is 17.2 Å². The largest absolute Gasteiger partial charge is 0.457 e. The summed E-state index contributed by atoms with van der Waals surface area (Å²) in [7, 11) is 5.10. The van der Waals surface area contributed by atoms with Crippen LogP contribution in [0, 0.1) is 6.92 Å². The molecule has 0 spiro atoms. The van der Waals surface area contributed by atoms with Gasteiger partial charge in [0.05, 0.1) is 24.0 Å². The van der Waals surface area contributed by atoms with Gasteiger partial charge in [-0.2, -0.15) is 19.0 Å². The first-order valence-electron chi connectivity index (χ1n) is 15.1. The number of carbonyl (C=O) groups is 2. The molecule has 1 aliphatic heterocycles. The molecule has 5 aromatic rings. The third kappa shape index (κ3) is 6.81. The number of alkyl halides is 3. The number of ether oxygens (including phenoxy) is 2. The Morgan fingerprint density at radius 1 is 1.12 bits per heavy atom. The summed E-state index contributed by atoms with van der Waals surface area (Å²) in [4.78, 5) is 33.8. The van der Waals surface area contributed by atoms with Gasteiger partial charge in [-0.3, -0.25) is 19.2 Å². The Kier molecular flexibility index (Phi) is 9.04. The van der Waals surface area contributed by atoms with Crippen molar-refractivity contribution >= 4 is 23.1 Å². The van der Waals surface area contributed by atoms with Gasteiger partial charge in [0.25, 0.3) is 11.8 Å². The minimum Gasteiger partial charge on any atom is -0.457 e. The summed E-state index contributed by atoms with van der Waals surface area (Å²) in [5, 5.41) is 11.7. The monoisotopic (exact) mass is 662 g/mol. The number of fused-ring (bicyclic) bond motifs is 1. The van der Waals surface area contributed by atoms with Crippen LogP contribution in [0.15, 0.2) is 67.3 Å². The van der Waals surface area contributed by atoms with E-state index in [4.69, 9.17) is 9.47 Å². The SMILES string of the molecule is Cc1ccc(Oc2ccc(OC(F)F)c(-c3nn(C[C@H]4C[C@H](F)CN4C)cc3NC(=O)c3cnn4cccnc34)c2)cc1C(=O)N(C)C. The Morgan fingerprint density at radius 2 is 1.90 bits per heavy atom. The summed E-state index contributed by atoms with van der Waals surface area (Å²) in [5.41, 5.74) is 2.06. The highest BCUT2D eigenvalue weighted by Crippen LogP contribution is 2.39. The van der Waals surface area contributed by atoms with Crippen molar-refractivity contribution in [2.75, 3.05) is 33.0 Å². The Hall–Kier alpha value is -5.44. The summed E-state index contributed by atoms with van der Waals surface area (Å²) >= 11 is 0. The van der Waals surface area contributed by atoms with Gasteiger partial charge in [-0.25, -0.2) is 13.9 Å². The van der Waals surface area contributed by atoms with E-state index < -0.39 is 18.7 Å². The number of likely N-dealkylation sites (tertiary alicyclic amines) is 1. The molecule has 12 nitrogen and oxygen atoms in total. The van der Waals surface area contributed by atoms with Crippen LogP contribution in [-0.2, 0) is 6.54 Å². The van der Waals surface area contributed by atoms with Gasteiger partial charge < -0.3 is 19.7 Å². The van der Waals surface area contributed by atoms with Gasteiger partial charge >= 0.3 is 6.61 Å². The van der Waals surface area contributed by atoms with Gasteiger partial charge in [0.15, 0.2) is 5.65 Å². The molecule has 4 heterocycles. The van der Waals surface area contributed by atoms with Gasteiger partial charge in [-0.15, -0.1) is 0 Å². The number of carbonyl (C=O) groups excluding carboxylic acids is 2. The maximum Gasteiger partial charge on any atom is 0.387 e.